The molecule has 1 aliphatic heterocycles. The van der Waals surface area contributed by atoms with E-state index in [1.165, 1.54) is 14.9 Å². The number of amides is 1. The van der Waals surface area contributed by atoms with Gasteiger partial charge in [0.2, 0.25) is 10.0 Å². The van der Waals surface area contributed by atoms with Crippen LogP contribution in [0.25, 0.3) is 0 Å². The molecule has 1 saturated heterocycles. The van der Waals surface area contributed by atoms with Gasteiger partial charge in [0, 0.05) is 37.7 Å². The molecule has 0 bridgehead atoms. The van der Waals surface area contributed by atoms with Crippen LogP contribution in [-0.4, -0.2) is 54.3 Å². The molecule has 0 spiro atoms. The number of nitrogens with zero attached hydrogens (tertiary/aromatic N) is 3. The van der Waals surface area contributed by atoms with Gasteiger partial charge in [0.1, 0.15) is 10.8 Å². The SMILES string of the molecule is Cn1c(C(=O)N2CCN(S(=O)(=O)c3cccc(Br)c3)CC2)cc(Cl)c1Cl. The highest BCUT2D eigenvalue weighted by Crippen LogP contribution is 2.27. The fraction of sp³-hybridized carbons (Fsp3) is 0.312. The molecule has 0 saturated carbocycles. The topological polar surface area (TPSA) is 62.6 Å². The van der Waals surface area contributed by atoms with Gasteiger partial charge in [-0.1, -0.05) is 45.2 Å². The van der Waals surface area contributed by atoms with Gasteiger partial charge in [0.25, 0.3) is 5.91 Å². The van der Waals surface area contributed by atoms with Crippen LogP contribution in [0.15, 0.2) is 39.7 Å². The minimum absolute atomic E-state index is 0.221. The molecule has 1 amide bonds. The lowest BCUT2D eigenvalue weighted by molar-refractivity contribution is 0.0688. The third kappa shape index (κ3) is 3.66. The second kappa shape index (κ2) is 7.52. The van der Waals surface area contributed by atoms with Gasteiger partial charge in [0.15, 0.2) is 0 Å². The Morgan fingerprint density at radius 1 is 1.12 bits per heavy atom. The molecule has 0 N–H and O–H groups in total. The maximum Gasteiger partial charge on any atom is 0.270 e. The number of hydrogen-bond donors (Lipinski definition) is 0. The lowest BCUT2D eigenvalue weighted by Gasteiger charge is -2.34. The summed E-state index contributed by atoms with van der Waals surface area (Å²) in [6.45, 7) is 1.05. The van der Waals surface area contributed by atoms with Crippen LogP contribution in [0.1, 0.15) is 10.5 Å². The summed E-state index contributed by atoms with van der Waals surface area (Å²) in [4.78, 5) is 14.5. The molecular formula is C16H16BrCl2N3O3S. The number of aromatic nitrogens is 1. The molecule has 1 aromatic carbocycles. The Morgan fingerprint density at radius 3 is 2.31 bits per heavy atom. The zero-order valence-corrected chi connectivity index (χ0v) is 17.7. The van der Waals surface area contributed by atoms with E-state index in [0.29, 0.717) is 33.4 Å². The van der Waals surface area contributed by atoms with E-state index in [9.17, 15) is 13.2 Å². The Morgan fingerprint density at radius 2 is 1.77 bits per heavy atom. The zero-order valence-electron chi connectivity index (χ0n) is 13.8. The van der Waals surface area contributed by atoms with Crippen LogP contribution in [0.3, 0.4) is 0 Å². The molecule has 10 heteroatoms. The molecule has 2 aromatic rings. The molecule has 3 rings (SSSR count). The number of halogens is 3. The maximum absolute atomic E-state index is 12.8. The molecule has 1 aromatic heterocycles. The van der Waals surface area contributed by atoms with E-state index in [4.69, 9.17) is 23.2 Å². The number of carbonyl (C=O) groups excluding carboxylic acids is 1. The van der Waals surface area contributed by atoms with Crippen molar-refractivity contribution in [2.45, 2.75) is 4.90 Å². The normalized spacial score (nSPS) is 16.1. The van der Waals surface area contributed by atoms with Crippen LogP contribution < -0.4 is 0 Å². The summed E-state index contributed by atoms with van der Waals surface area (Å²) < 4.78 is 29.1. The molecule has 2 heterocycles. The first kappa shape index (κ1) is 19.7. The third-order valence-corrected chi connectivity index (χ3v) is 7.53. The van der Waals surface area contributed by atoms with Gasteiger partial charge in [-0.2, -0.15) is 4.31 Å². The summed E-state index contributed by atoms with van der Waals surface area (Å²) >= 11 is 15.3. The third-order valence-electron chi connectivity index (χ3n) is 4.30. The summed E-state index contributed by atoms with van der Waals surface area (Å²) in [5, 5.41) is 0.610. The summed E-state index contributed by atoms with van der Waals surface area (Å²) in [7, 11) is -1.93. The number of hydrogen-bond acceptors (Lipinski definition) is 3. The van der Waals surface area contributed by atoms with Crippen LogP contribution in [0.2, 0.25) is 10.2 Å². The number of benzene rings is 1. The van der Waals surface area contributed by atoms with Gasteiger partial charge >= 0.3 is 0 Å². The van der Waals surface area contributed by atoms with Crippen LogP contribution in [0.4, 0.5) is 0 Å². The first-order chi connectivity index (χ1) is 12.2. The highest BCUT2D eigenvalue weighted by Gasteiger charge is 2.31. The Balaban J connectivity index is 1.73. The monoisotopic (exact) mass is 479 g/mol. The summed E-state index contributed by atoms with van der Waals surface area (Å²) in [5.41, 5.74) is 0.378. The molecule has 1 fully saturated rings. The molecule has 0 radical (unpaired) electrons. The predicted octanol–water partition coefficient (Wildman–Crippen LogP) is 3.24. The van der Waals surface area contributed by atoms with Crippen molar-refractivity contribution in [1.29, 1.82) is 0 Å². The van der Waals surface area contributed by atoms with E-state index >= 15 is 0 Å². The molecule has 6 nitrogen and oxygen atoms in total. The van der Waals surface area contributed by atoms with Crippen molar-refractivity contribution in [3.8, 4) is 0 Å². The van der Waals surface area contributed by atoms with Crippen LogP contribution in [0, 0.1) is 0 Å². The summed E-state index contributed by atoms with van der Waals surface area (Å²) in [5.74, 6) is -0.221. The van der Waals surface area contributed by atoms with Crippen molar-refractivity contribution in [2.75, 3.05) is 26.2 Å². The minimum atomic E-state index is -3.59. The zero-order chi connectivity index (χ0) is 19.1. The lowest BCUT2D eigenvalue weighted by atomic mass is 10.3. The standard InChI is InChI=1S/C16H16BrCl2N3O3S/c1-20-14(10-13(18)15(20)19)16(23)21-5-7-22(8-6-21)26(24,25)12-4-2-3-11(17)9-12/h2-4,9-10H,5-8H2,1H3. The first-order valence-corrected chi connectivity index (χ1v) is 10.8. The van der Waals surface area contributed by atoms with Crippen molar-refractivity contribution in [1.82, 2.24) is 13.8 Å². The highest BCUT2D eigenvalue weighted by atomic mass is 79.9. The quantitative estimate of drug-likeness (QED) is 0.677. The van der Waals surface area contributed by atoms with Crippen LogP contribution in [-0.2, 0) is 17.1 Å². The fourth-order valence-electron chi connectivity index (χ4n) is 2.82. The van der Waals surface area contributed by atoms with Crippen LogP contribution in [0.5, 0.6) is 0 Å². The van der Waals surface area contributed by atoms with E-state index in [2.05, 4.69) is 15.9 Å². The minimum Gasteiger partial charge on any atom is -0.335 e. The molecule has 26 heavy (non-hydrogen) atoms. The highest BCUT2D eigenvalue weighted by molar-refractivity contribution is 9.10. The Bertz CT molecular complexity index is 954. The molecule has 0 aliphatic carbocycles. The summed E-state index contributed by atoms with van der Waals surface area (Å²) in [6, 6.07) is 8.11. The van der Waals surface area contributed by atoms with E-state index in [0.717, 1.165) is 0 Å². The smallest absolute Gasteiger partial charge is 0.270 e. The number of sulfonamides is 1. The fourth-order valence-corrected chi connectivity index (χ4v) is 5.21. The Kier molecular flexibility index (Phi) is 5.69. The second-order valence-electron chi connectivity index (χ2n) is 5.88. The van der Waals surface area contributed by atoms with Crippen molar-refractivity contribution in [3.63, 3.8) is 0 Å². The molecule has 0 unspecified atom stereocenters. The van der Waals surface area contributed by atoms with Crippen molar-refractivity contribution >= 4 is 55.1 Å². The lowest BCUT2D eigenvalue weighted by Crippen LogP contribution is -2.50. The van der Waals surface area contributed by atoms with Gasteiger partial charge < -0.3 is 9.47 Å². The molecule has 140 valence electrons. The first-order valence-electron chi connectivity index (χ1n) is 7.77. The molecule has 0 atom stereocenters. The van der Waals surface area contributed by atoms with E-state index < -0.39 is 10.0 Å². The van der Waals surface area contributed by atoms with Crippen molar-refractivity contribution in [2.24, 2.45) is 7.05 Å². The molecular weight excluding hydrogens is 465 g/mol. The van der Waals surface area contributed by atoms with Gasteiger partial charge in [0.05, 0.1) is 9.92 Å². The van der Waals surface area contributed by atoms with Gasteiger partial charge in [-0.3, -0.25) is 4.79 Å². The van der Waals surface area contributed by atoms with E-state index in [1.807, 2.05) is 0 Å². The van der Waals surface area contributed by atoms with Crippen molar-refractivity contribution < 1.29 is 13.2 Å². The van der Waals surface area contributed by atoms with Gasteiger partial charge in [-0.05, 0) is 24.3 Å². The second-order valence-corrected chi connectivity index (χ2v) is 9.50. The predicted molar refractivity (Wildman–Crippen MR) is 104 cm³/mol. The van der Waals surface area contributed by atoms with Gasteiger partial charge in [-0.15, -0.1) is 0 Å². The largest absolute Gasteiger partial charge is 0.335 e. The van der Waals surface area contributed by atoms with Gasteiger partial charge in [-0.25, -0.2) is 8.42 Å². The molecule has 1 aliphatic rings. The number of rotatable bonds is 3. The maximum atomic E-state index is 12.8. The van der Waals surface area contributed by atoms with Crippen molar-refractivity contribution in [3.05, 3.63) is 50.7 Å². The van der Waals surface area contributed by atoms with Crippen LogP contribution >= 0.6 is 39.1 Å². The van der Waals surface area contributed by atoms with E-state index in [-0.39, 0.29) is 23.9 Å². The Labute approximate surface area is 170 Å². The average molecular weight is 481 g/mol. The van der Waals surface area contributed by atoms with E-state index in [1.54, 1.807) is 36.2 Å². The number of carbonyl (C=O) groups is 1. The average Bonchev–Trinajstić information content (AvgIpc) is 2.88. The summed E-state index contributed by atoms with van der Waals surface area (Å²) in [6.07, 6.45) is 0. The Hall–Kier alpha value is -1.06. The number of piperazine rings is 1.